The molecule has 7 heteroatoms. The van der Waals surface area contributed by atoms with Gasteiger partial charge in [-0.05, 0) is 36.6 Å². The number of nitrogens with one attached hydrogen (secondary N) is 2. The molecule has 1 aromatic heterocycles. The molecule has 1 atom stereocenters. The van der Waals surface area contributed by atoms with Gasteiger partial charge in [-0.2, -0.15) is 0 Å². The third-order valence-electron chi connectivity index (χ3n) is 5.07. The summed E-state index contributed by atoms with van der Waals surface area (Å²) < 4.78 is 10.7. The molecule has 0 aliphatic carbocycles. The van der Waals surface area contributed by atoms with Gasteiger partial charge in [-0.1, -0.05) is 24.3 Å². The molecule has 0 unspecified atom stereocenters. The van der Waals surface area contributed by atoms with Gasteiger partial charge in [0.2, 0.25) is 0 Å². The summed E-state index contributed by atoms with van der Waals surface area (Å²) >= 11 is 0. The van der Waals surface area contributed by atoms with Gasteiger partial charge in [0.25, 0.3) is 0 Å². The predicted octanol–water partition coefficient (Wildman–Crippen LogP) is 2.51. The zero-order valence-electron chi connectivity index (χ0n) is 15.7. The third kappa shape index (κ3) is 3.66. The van der Waals surface area contributed by atoms with Crippen molar-refractivity contribution in [1.29, 1.82) is 0 Å². The molecule has 0 spiro atoms. The van der Waals surface area contributed by atoms with Gasteiger partial charge < -0.3 is 19.8 Å². The molecule has 3 heterocycles. The molecular weight excluding hydrogens is 358 g/mol. The molecule has 7 nitrogen and oxygen atoms in total. The first-order valence-electron chi connectivity index (χ1n) is 9.46. The quantitative estimate of drug-likeness (QED) is 0.778. The molecule has 146 valence electrons. The van der Waals surface area contributed by atoms with Crippen LogP contribution in [0.25, 0.3) is 0 Å². The highest BCUT2D eigenvalue weighted by atomic mass is 16.5. The van der Waals surface area contributed by atoms with Crippen molar-refractivity contribution in [3.8, 4) is 0 Å². The number of nitrogens with zero attached hydrogens (tertiary/aromatic N) is 1. The van der Waals surface area contributed by atoms with Gasteiger partial charge in [0.1, 0.15) is 11.8 Å². The Morgan fingerprint density at radius 3 is 2.82 bits per heavy atom. The number of rotatable bonds is 5. The van der Waals surface area contributed by atoms with Crippen LogP contribution in [-0.4, -0.2) is 36.6 Å². The average Bonchev–Trinajstić information content (AvgIpc) is 3.22. The Bertz CT molecular complexity index is 904. The van der Waals surface area contributed by atoms with Crippen LogP contribution in [0.3, 0.4) is 0 Å². The van der Waals surface area contributed by atoms with E-state index in [1.165, 1.54) is 17.4 Å². The molecular formula is C21H23N3O4. The van der Waals surface area contributed by atoms with Gasteiger partial charge in [0.05, 0.1) is 18.4 Å². The Morgan fingerprint density at radius 2 is 2.07 bits per heavy atom. The number of carbonyl (C=O) groups is 2. The molecule has 1 aromatic carbocycles. The van der Waals surface area contributed by atoms with Crippen molar-refractivity contribution in [2.45, 2.75) is 25.9 Å². The Morgan fingerprint density at radius 1 is 1.25 bits per heavy atom. The summed E-state index contributed by atoms with van der Waals surface area (Å²) in [4.78, 5) is 27.2. The van der Waals surface area contributed by atoms with E-state index >= 15 is 0 Å². The standard InChI is InChI=1S/C21H23N3O4/c1-2-27-20(25)18-16(22-21(26)23-19(18)17-8-5-11-28-17)13-24-10-9-14-6-3-4-7-15(14)12-24/h3-8,11,19H,2,9-10,12-13H2,1H3,(H2,22,23,26)/t19-/m0/s1. The first-order valence-corrected chi connectivity index (χ1v) is 9.46. The molecule has 2 amide bonds. The number of amides is 2. The van der Waals surface area contributed by atoms with E-state index in [-0.39, 0.29) is 12.6 Å². The van der Waals surface area contributed by atoms with Crippen LogP contribution in [-0.2, 0) is 22.5 Å². The number of ether oxygens (including phenoxy) is 1. The van der Waals surface area contributed by atoms with E-state index < -0.39 is 12.0 Å². The maximum absolute atomic E-state index is 12.7. The highest BCUT2D eigenvalue weighted by Crippen LogP contribution is 2.29. The van der Waals surface area contributed by atoms with Gasteiger partial charge in [0.15, 0.2) is 0 Å². The zero-order valence-corrected chi connectivity index (χ0v) is 15.7. The van der Waals surface area contributed by atoms with Crippen molar-refractivity contribution in [2.75, 3.05) is 19.7 Å². The third-order valence-corrected chi connectivity index (χ3v) is 5.07. The second-order valence-electron chi connectivity index (χ2n) is 6.89. The second kappa shape index (κ2) is 7.90. The predicted molar refractivity (Wildman–Crippen MR) is 102 cm³/mol. The fourth-order valence-electron chi connectivity index (χ4n) is 3.77. The second-order valence-corrected chi connectivity index (χ2v) is 6.89. The first kappa shape index (κ1) is 18.3. The van der Waals surface area contributed by atoms with Gasteiger partial charge in [-0.25, -0.2) is 9.59 Å². The molecule has 4 rings (SSSR count). The lowest BCUT2D eigenvalue weighted by Gasteiger charge is -2.33. The van der Waals surface area contributed by atoms with Crippen LogP contribution in [0.1, 0.15) is 29.9 Å². The highest BCUT2D eigenvalue weighted by Gasteiger charge is 2.36. The van der Waals surface area contributed by atoms with Crippen molar-refractivity contribution < 1.29 is 18.7 Å². The van der Waals surface area contributed by atoms with Gasteiger partial charge in [-0.3, -0.25) is 4.90 Å². The topological polar surface area (TPSA) is 83.8 Å². The smallest absolute Gasteiger partial charge is 0.338 e. The van der Waals surface area contributed by atoms with E-state index in [1.54, 1.807) is 19.1 Å². The lowest BCUT2D eigenvalue weighted by atomic mass is 9.97. The molecule has 0 fully saturated rings. The number of esters is 1. The van der Waals surface area contributed by atoms with Gasteiger partial charge in [-0.15, -0.1) is 0 Å². The van der Waals surface area contributed by atoms with Crippen LogP contribution >= 0.6 is 0 Å². The maximum atomic E-state index is 12.7. The summed E-state index contributed by atoms with van der Waals surface area (Å²) in [6.07, 6.45) is 2.46. The molecule has 0 radical (unpaired) electrons. The van der Waals surface area contributed by atoms with Crippen molar-refractivity contribution >= 4 is 12.0 Å². The van der Waals surface area contributed by atoms with E-state index in [9.17, 15) is 9.59 Å². The summed E-state index contributed by atoms with van der Waals surface area (Å²) in [5.41, 5.74) is 3.56. The van der Waals surface area contributed by atoms with E-state index in [4.69, 9.17) is 9.15 Å². The van der Waals surface area contributed by atoms with Crippen LogP contribution in [0.15, 0.2) is 58.3 Å². The Labute approximate surface area is 163 Å². The van der Waals surface area contributed by atoms with Crippen LogP contribution < -0.4 is 10.6 Å². The summed E-state index contributed by atoms with van der Waals surface area (Å²) in [7, 11) is 0. The normalized spacial score (nSPS) is 19.6. The van der Waals surface area contributed by atoms with Crippen LogP contribution in [0.5, 0.6) is 0 Å². The van der Waals surface area contributed by atoms with E-state index in [0.717, 1.165) is 19.5 Å². The molecule has 2 aliphatic rings. The monoisotopic (exact) mass is 381 g/mol. The molecule has 2 aliphatic heterocycles. The van der Waals surface area contributed by atoms with Crippen LogP contribution in [0.4, 0.5) is 4.79 Å². The first-order chi connectivity index (χ1) is 13.7. The summed E-state index contributed by atoms with van der Waals surface area (Å²) in [6.45, 7) is 4.09. The molecule has 28 heavy (non-hydrogen) atoms. The number of fused-ring (bicyclic) bond motifs is 1. The molecule has 2 N–H and O–H groups in total. The summed E-state index contributed by atoms with van der Waals surface area (Å²) in [6, 6.07) is 10.8. The van der Waals surface area contributed by atoms with Crippen molar-refractivity contribution in [3.05, 3.63) is 70.8 Å². The Balaban J connectivity index is 1.65. The molecule has 2 aromatic rings. The lowest BCUT2D eigenvalue weighted by molar-refractivity contribution is -0.139. The number of carbonyl (C=O) groups excluding carboxylic acids is 2. The minimum absolute atomic E-state index is 0.255. The fraction of sp³-hybridized carbons (Fsp3) is 0.333. The van der Waals surface area contributed by atoms with E-state index in [0.29, 0.717) is 23.6 Å². The van der Waals surface area contributed by atoms with Gasteiger partial charge >= 0.3 is 12.0 Å². The Hall–Kier alpha value is -3.06. The minimum Gasteiger partial charge on any atom is -0.467 e. The number of furan rings is 1. The molecule has 0 saturated heterocycles. The summed E-state index contributed by atoms with van der Waals surface area (Å²) in [5, 5.41) is 5.58. The SMILES string of the molecule is CCOC(=O)C1=C(CN2CCc3ccccc3C2)NC(=O)N[C@H]1c1ccco1. The van der Waals surface area contributed by atoms with E-state index in [1.807, 2.05) is 6.07 Å². The maximum Gasteiger partial charge on any atom is 0.338 e. The average molecular weight is 381 g/mol. The number of urea groups is 1. The minimum atomic E-state index is -0.671. The number of hydrogen-bond donors (Lipinski definition) is 2. The fourth-order valence-corrected chi connectivity index (χ4v) is 3.77. The van der Waals surface area contributed by atoms with Crippen molar-refractivity contribution in [1.82, 2.24) is 15.5 Å². The highest BCUT2D eigenvalue weighted by molar-refractivity contribution is 5.95. The van der Waals surface area contributed by atoms with Gasteiger partial charge in [0, 0.05) is 25.3 Å². The van der Waals surface area contributed by atoms with Crippen LogP contribution in [0.2, 0.25) is 0 Å². The van der Waals surface area contributed by atoms with Crippen molar-refractivity contribution in [2.24, 2.45) is 0 Å². The number of hydrogen-bond acceptors (Lipinski definition) is 5. The number of benzene rings is 1. The van der Waals surface area contributed by atoms with Crippen LogP contribution in [0, 0.1) is 0 Å². The largest absolute Gasteiger partial charge is 0.467 e. The molecule has 0 bridgehead atoms. The zero-order chi connectivity index (χ0) is 19.5. The summed E-state index contributed by atoms with van der Waals surface area (Å²) in [5.74, 6) is 0.0446. The van der Waals surface area contributed by atoms with Crippen molar-refractivity contribution in [3.63, 3.8) is 0 Å². The Kier molecular flexibility index (Phi) is 5.16. The molecule has 0 saturated carbocycles. The van der Waals surface area contributed by atoms with E-state index in [2.05, 4.69) is 33.7 Å². The lowest BCUT2D eigenvalue weighted by Crippen LogP contribution is -2.48.